The van der Waals surface area contributed by atoms with E-state index in [4.69, 9.17) is 0 Å². The zero-order chi connectivity index (χ0) is 10.1. The predicted octanol–water partition coefficient (Wildman–Crippen LogP) is 1.48. The number of carbonyl (C=O) groups excluding carboxylic acids is 1. The molecule has 1 atom stereocenters. The Morgan fingerprint density at radius 1 is 1.57 bits per heavy atom. The molecule has 4 heteroatoms. The molecular weight excluding hydrogens is 178 g/mol. The van der Waals surface area contributed by atoms with Crippen molar-refractivity contribution in [1.82, 2.24) is 14.8 Å². The van der Waals surface area contributed by atoms with Gasteiger partial charge in [0.2, 0.25) is 0 Å². The summed E-state index contributed by atoms with van der Waals surface area (Å²) in [5.74, 6) is 2.01. The fraction of sp³-hybridized carbons (Fsp3) is 0.700. The normalized spacial score (nSPS) is 20.9. The first-order chi connectivity index (χ1) is 6.72. The van der Waals surface area contributed by atoms with Crippen molar-refractivity contribution in [3.05, 3.63) is 11.6 Å². The lowest BCUT2D eigenvalue weighted by Gasteiger charge is -2.16. The van der Waals surface area contributed by atoms with Crippen molar-refractivity contribution in [2.45, 2.75) is 45.1 Å². The first kappa shape index (κ1) is 9.37. The summed E-state index contributed by atoms with van der Waals surface area (Å²) in [6.07, 6.45) is 2.93. The highest BCUT2D eigenvalue weighted by atomic mass is 16.1. The summed E-state index contributed by atoms with van der Waals surface area (Å²) in [5.41, 5.74) is 0. The second kappa shape index (κ2) is 3.52. The van der Waals surface area contributed by atoms with Crippen LogP contribution in [0.4, 0.5) is 0 Å². The molecule has 0 spiro atoms. The van der Waals surface area contributed by atoms with Crippen LogP contribution < -0.4 is 0 Å². The highest BCUT2D eigenvalue weighted by molar-refractivity contribution is 5.60. The Morgan fingerprint density at radius 3 is 3.00 bits per heavy atom. The second-order valence-corrected chi connectivity index (χ2v) is 4.09. The summed E-state index contributed by atoms with van der Waals surface area (Å²) in [6, 6.07) is 0. The SMILES string of the molecule is CC(C)c1nc2n(n1)CCCC2C=O. The number of aryl methyl sites for hydroxylation is 1. The van der Waals surface area contributed by atoms with E-state index in [9.17, 15) is 4.79 Å². The van der Waals surface area contributed by atoms with Crippen molar-refractivity contribution < 1.29 is 4.79 Å². The minimum atomic E-state index is -0.0382. The number of aromatic nitrogens is 3. The van der Waals surface area contributed by atoms with Gasteiger partial charge in [0.15, 0.2) is 5.82 Å². The summed E-state index contributed by atoms with van der Waals surface area (Å²) in [4.78, 5) is 15.2. The molecule has 1 aromatic rings. The number of nitrogens with zero attached hydrogens (tertiary/aromatic N) is 3. The summed E-state index contributed by atoms with van der Waals surface area (Å²) >= 11 is 0. The van der Waals surface area contributed by atoms with Crippen LogP contribution in [0.1, 0.15) is 50.2 Å². The van der Waals surface area contributed by atoms with Crippen LogP contribution in [0.2, 0.25) is 0 Å². The van der Waals surface area contributed by atoms with Crippen molar-refractivity contribution >= 4 is 6.29 Å². The van der Waals surface area contributed by atoms with Crippen molar-refractivity contribution in [2.75, 3.05) is 0 Å². The molecule has 0 saturated carbocycles. The van der Waals surface area contributed by atoms with Crippen LogP contribution in [-0.4, -0.2) is 21.1 Å². The second-order valence-electron chi connectivity index (χ2n) is 4.09. The Labute approximate surface area is 83.3 Å². The van der Waals surface area contributed by atoms with E-state index in [0.29, 0.717) is 5.92 Å². The third-order valence-corrected chi connectivity index (χ3v) is 2.61. The van der Waals surface area contributed by atoms with Crippen LogP contribution in [0.3, 0.4) is 0 Å². The molecule has 1 aliphatic rings. The van der Waals surface area contributed by atoms with Gasteiger partial charge in [-0.1, -0.05) is 13.8 Å². The lowest BCUT2D eigenvalue weighted by atomic mass is 10.0. The molecule has 2 heterocycles. The summed E-state index contributed by atoms with van der Waals surface area (Å²) in [7, 11) is 0. The van der Waals surface area contributed by atoms with Crippen molar-refractivity contribution in [3.8, 4) is 0 Å². The Hall–Kier alpha value is -1.19. The van der Waals surface area contributed by atoms with E-state index < -0.39 is 0 Å². The average molecular weight is 193 g/mol. The van der Waals surface area contributed by atoms with Gasteiger partial charge in [-0.2, -0.15) is 5.10 Å². The molecule has 14 heavy (non-hydrogen) atoms. The molecule has 0 saturated heterocycles. The molecule has 0 aromatic carbocycles. The van der Waals surface area contributed by atoms with E-state index in [1.165, 1.54) is 0 Å². The largest absolute Gasteiger partial charge is 0.303 e. The first-order valence-corrected chi connectivity index (χ1v) is 5.12. The van der Waals surface area contributed by atoms with E-state index in [1.807, 2.05) is 4.68 Å². The molecule has 0 aliphatic carbocycles. The maximum absolute atomic E-state index is 10.8. The molecule has 0 radical (unpaired) electrons. The molecule has 0 bridgehead atoms. The third kappa shape index (κ3) is 1.45. The Bertz CT molecular complexity index is 343. The fourth-order valence-corrected chi connectivity index (χ4v) is 1.77. The quantitative estimate of drug-likeness (QED) is 0.668. The van der Waals surface area contributed by atoms with Crippen molar-refractivity contribution in [1.29, 1.82) is 0 Å². The number of hydrogen-bond acceptors (Lipinski definition) is 3. The number of fused-ring (bicyclic) bond motifs is 1. The van der Waals surface area contributed by atoms with Gasteiger partial charge in [-0.05, 0) is 12.8 Å². The van der Waals surface area contributed by atoms with Gasteiger partial charge < -0.3 is 4.79 Å². The average Bonchev–Trinajstić information content (AvgIpc) is 2.60. The molecule has 4 nitrogen and oxygen atoms in total. The smallest absolute Gasteiger partial charge is 0.153 e. The van der Waals surface area contributed by atoms with Gasteiger partial charge in [0.1, 0.15) is 12.1 Å². The van der Waals surface area contributed by atoms with Gasteiger partial charge in [0.25, 0.3) is 0 Å². The van der Waals surface area contributed by atoms with Crippen molar-refractivity contribution in [2.24, 2.45) is 0 Å². The van der Waals surface area contributed by atoms with E-state index >= 15 is 0 Å². The van der Waals surface area contributed by atoms with Gasteiger partial charge in [-0.3, -0.25) is 0 Å². The van der Waals surface area contributed by atoms with E-state index in [-0.39, 0.29) is 5.92 Å². The van der Waals surface area contributed by atoms with Crippen molar-refractivity contribution in [3.63, 3.8) is 0 Å². The van der Waals surface area contributed by atoms with Gasteiger partial charge in [-0.15, -0.1) is 0 Å². The van der Waals surface area contributed by atoms with E-state index in [2.05, 4.69) is 23.9 Å². The highest BCUT2D eigenvalue weighted by Gasteiger charge is 2.24. The third-order valence-electron chi connectivity index (χ3n) is 2.61. The lowest BCUT2D eigenvalue weighted by Crippen LogP contribution is -2.17. The van der Waals surface area contributed by atoms with Crippen LogP contribution in [0.25, 0.3) is 0 Å². The van der Waals surface area contributed by atoms with Crippen LogP contribution in [0.15, 0.2) is 0 Å². The Balaban J connectivity index is 2.38. The van der Waals surface area contributed by atoms with Crippen LogP contribution >= 0.6 is 0 Å². The molecule has 1 aromatic heterocycles. The Morgan fingerprint density at radius 2 is 2.36 bits per heavy atom. The molecule has 0 amide bonds. The van der Waals surface area contributed by atoms with Crippen LogP contribution in [0, 0.1) is 0 Å². The molecule has 76 valence electrons. The molecule has 0 fully saturated rings. The van der Waals surface area contributed by atoms with E-state index in [1.54, 1.807) is 0 Å². The molecule has 0 N–H and O–H groups in total. The number of rotatable bonds is 2. The van der Waals surface area contributed by atoms with E-state index in [0.717, 1.165) is 37.3 Å². The fourth-order valence-electron chi connectivity index (χ4n) is 1.77. The number of carbonyl (C=O) groups is 1. The maximum atomic E-state index is 10.8. The first-order valence-electron chi connectivity index (χ1n) is 5.12. The monoisotopic (exact) mass is 193 g/mol. The van der Waals surface area contributed by atoms with Crippen LogP contribution in [-0.2, 0) is 11.3 Å². The standard InChI is InChI=1S/C10H15N3O/c1-7(2)9-11-10-8(6-14)4-3-5-13(10)12-9/h6-8H,3-5H2,1-2H3. The molecule has 2 rings (SSSR count). The summed E-state index contributed by atoms with van der Waals surface area (Å²) < 4.78 is 1.89. The number of aldehydes is 1. The molecular formula is C10H15N3O. The topological polar surface area (TPSA) is 47.8 Å². The summed E-state index contributed by atoms with van der Waals surface area (Å²) in [6.45, 7) is 5.04. The maximum Gasteiger partial charge on any atom is 0.153 e. The summed E-state index contributed by atoms with van der Waals surface area (Å²) in [5, 5.41) is 4.40. The molecule has 1 unspecified atom stereocenters. The Kier molecular flexibility index (Phi) is 2.35. The number of hydrogen-bond donors (Lipinski definition) is 0. The minimum Gasteiger partial charge on any atom is -0.303 e. The zero-order valence-electron chi connectivity index (χ0n) is 8.60. The highest BCUT2D eigenvalue weighted by Crippen LogP contribution is 2.24. The predicted molar refractivity (Wildman–Crippen MR) is 52.2 cm³/mol. The van der Waals surface area contributed by atoms with Gasteiger partial charge >= 0.3 is 0 Å². The lowest BCUT2D eigenvalue weighted by molar-refractivity contribution is -0.109. The van der Waals surface area contributed by atoms with Gasteiger partial charge in [0, 0.05) is 12.5 Å². The van der Waals surface area contributed by atoms with Gasteiger partial charge in [0.05, 0.1) is 5.92 Å². The molecule has 1 aliphatic heterocycles. The van der Waals surface area contributed by atoms with Gasteiger partial charge in [-0.25, -0.2) is 9.67 Å². The van der Waals surface area contributed by atoms with Crippen LogP contribution in [0.5, 0.6) is 0 Å². The zero-order valence-corrected chi connectivity index (χ0v) is 8.60. The minimum absolute atomic E-state index is 0.0382.